The van der Waals surface area contributed by atoms with E-state index in [1.807, 2.05) is 11.8 Å². The van der Waals surface area contributed by atoms with E-state index < -0.39 is 0 Å². The van der Waals surface area contributed by atoms with Crippen molar-refractivity contribution < 1.29 is 9.53 Å². The second kappa shape index (κ2) is 6.08. The third-order valence-corrected chi connectivity index (χ3v) is 3.75. The minimum atomic E-state index is -0.0698. The predicted molar refractivity (Wildman–Crippen MR) is 77.6 cm³/mol. The van der Waals surface area contributed by atoms with Crippen LogP contribution >= 0.6 is 0 Å². The van der Waals surface area contributed by atoms with Gasteiger partial charge in [-0.15, -0.1) is 0 Å². The quantitative estimate of drug-likeness (QED) is 0.906. The number of nitrogens with zero attached hydrogens (tertiary/aromatic N) is 5. The molecule has 0 aliphatic carbocycles. The van der Waals surface area contributed by atoms with Crippen molar-refractivity contribution in [1.29, 1.82) is 0 Å². The Bertz CT molecular complexity index is 654. The number of hydrogen-bond donors (Lipinski definition) is 1. The predicted octanol–water partition coefficient (Wildman–Crippen LogP) is 0.932. The number of aromatic nitrogens is 5. The fourth-order valence-corrected chi connectivity index (χ4v) is 2.63. The zero-order valence-corrected chi connectivity index (χ0v) is 12.6. The zero-order valence-electron chi connectivity index (χ0n) is 12.6. The van der Waals surface area contributed by atoms with Gasteiger partial charge in [0.1, 0.15) is 5.82 Å². The maximum atomic E-state index is 12.5. The lowest BCUT2D eigenvalue weighted by atomic mass is 9.97. The number of rotatable bonds is 3. The van der Waals surface area contributed by atoms with Gasteiger partial charge in [0.05, 0.1) is 12.7 Å². The summed E-state index contributed by atoms with van der Waals surface area (Å²) in [7, 11) is 1.49. The Morgan fingerprint density at radius 3 is 2.82 bits per heavy atom. The van der Waals surface area contributed by atoms with Gasteiger partial charge in [0.15, 0.2) is 5.82 Å². The van der Waals surface area contributed by atoms with E-state index in [1.54, 1.807) is 0 Å². The molecule has 1 unspecified atom stereocenters. The standard InChI is InChI=1S/C14H18N6O2/c1-9-17-12(19-18-9)10-4-3-5-20(8-10)13(21)11-6-15-14(22-2)16-7-11/h6-7,10H,3-5,8H2,1-2H3,(H,17,18,19). The molecule has 1 atom stereocenters. The summed E-state index contributed by atoms with van der Waals surface area (Å²) >= 11 is 0. The molecule has 1 saturated heterocycles. The van der Waals surface area contributed by atoms with Crippen LogP contribution in [-0.2, 0) is 0 Å². The van der Waals surface area contributed by atoms with E-state index in [2.05, 4.69) is 25.1 Å². The molecule has 1 aliphatic rings. The van der Waals surface area contributed by atoms with E-state index in [1.165, 1.54) is 19.5 Å². The van der Waals surface area contributed by atoms with Crippen molar-refractivity contribution in [1.82, 2.24) is 30.0 Å². The molecule has 3 heterocycles. The first kappa shape index (κ1) is 14.4. The number of carbonyl (C=O) groups excluding carboxylic acids is 1. The van der Waals surface area contributed by atoms with Gasteiger partial charge in [-0.2, -0.15) is 5.10 Å². The Hall–Kier alpha value is -2.51. The molecular formula is C14H18N6O2. The van der Waals surface area contributed by atoms with Gasteiger partial charge < -0.3 is 9.64 Å². The summed E-state index contributed by atoms with van der Waals surface area (Å²) < 4.78 is 4.90. The average molecular weight is 302 g/mol. The fraction of sp³-hybridized carbons (Fsp3) is 0.500. The van der Waals surface area contributed by atoms with Gasteiger partial charge in [0.25, 0.3) is 5.91 Å². The molecule has 0 saturated carbocycles. The van der Waals surface area contributed by atoms with Gasteiger partial charge in [-0.1, -0.05) is 0 Å². The maximum Gasteiger partial charge on any atom is 0.316 e. The second-order valence-corrected chi connectivity index (χ2v) is 5.33. The summed E-state index contributed by atoms with van der Waals surface area (Å²) in [4.78, 5) is 26.7. The summed E-state index contributed by atoms with van der Waals surface area (Å²) in [6.45, 7) is 3.21. The smallest absolute Gasteiger partial charge is 0.316 e. The number of piperidine rings is 1. The van der Waals surface area contributed by atoms with Crippen LogP contribution in [0.1, 0.15) is 40.8 Å². The van der Waals surface area contributed by atoms with E-state index in [4.69, 9.17) is 4.74 Å². The van der Waals surface area contributed by atoms with Crippen LogP contribution in [0.3, 0.4) is 0 Å². The highest BCUT2D eigenvalue weighted by Gasteiger charge is 2.28. The lowest BCUT2D eigenvalue weighted by molar-refractivity contribution is 0.0703. The highest BCUT2D eigenvalue weighted by atomic mass is 16.5. The molecule has 0 spiro atoms. The summed E-state index contributed by atoms with van der Waals surface area (Å²) in [6.07, 6.45) is 4.91. The van der Waals surface area contributed by atoms with Crippen LogP contribution in [0.15, 0.2) is 12.4 Å². The fourth-order valence-electron chi connectivity index (χ4n) is 2.63. The summed E-state index contributed by atoms with van der Waals surface area (Å²) in [5.74, 6) is 1.67. The van der Waals surface area contributed by atoms with Gasteiger partial charge in [0, 0.05) is 31.4 Å². The van der Waals surface area contributed by atoms with E-state index in [0.717, 1.165) is 31.0 Å². The first-order valence-corrected chi connectivity index (χ1v) is 7.21. The number of aryl methyl sites for hydroxylation is 1. The lowest BCUT2D eigenvalue weighted by Crippen LogP contribution is -2.39. The lowest BCUT2D eigenvalue weighted by Gasteiger charge is -2.31. The normalized spacial score (nSPS) is 18.3. The topological polar surface area (TPSA) is 96.9 Å². The van der Waals surface area contributed by atoms with Crippen molar-refractivity contribution in [3.8, 4) is 6.01 Å². The zero-order chi connectivity index (χ0) is 15.5. The van der Waals surface area contributed by atoms with Crippen molar-refractivity contribution in [3.05, 3.63) is 29.6 Å². The Kier molecular flexibility index (Phi) is 3.99. The summed E-state index contributed by atoms with van der Waals surface area (Å²) in [5, 5.41) is 7.07. The highest BCUT2D eigenvalue weighted by molar-refractivity contribution is 5.93. The maximum absolute atomic E-state index is 12.5. The molecule has 0 aromatic carbocycles. The number of carbonyl (C=O) groups is 1. The van der Waals surface area contributed by atoms with Gasteiger partial charge >= 0.3 is 6.01 Å². The van der Waals surface area contributed by atoms with E-state index in [-0.39, 0.29) is 17.8 Å². The van der Waals surface area contributed by atoms with Gasteiger partial charge in [-0.3, -0.25) is 9.89 Å². The van der Waals surface area contributed by atoms with Crippen LogP contribution in [-0.4, -0.2) is 56.2 Å². The molecule has 2 aromatic rings. The Labute approximate surface area is 127 Å². The van der Waals surface area contributed by atoms with Gasteiger partial charge in [-0.25, -0.2) is 15.0 Å². The minimum Gasteiger partial charge on any atom is -0.467 e. The Morgan fingerprint density at radius 1 is 1.41 bits per heavy atom. The molecule has 8 heteroatoms. The first-order chi connectivity index (χ1) is 10.7. The molecule has 1 amide bonds. The minimum absolute atomic E-state index is 0.0698. The third kappa shape index (κ3) is 2.90. The number of H-pyrrole nitrogens is 1. The number of methoxy groups -OCH3 is 1. The highest BCUT2D eigenvalue weighted by Crippen LogP contribution is 2.25. The van der Waals surface area contributed by atoms with Crippen molar-refractivity contribution >= 4 is 5.91 Å². The molecule has 116 valence electrons. The van der Waals surface area contributed by atoms with Crippen LogP contribution in [0.25, 0.3) is 0 Å². The number of hydrogen-bond acceptors (Lipinski definition) is 6. The van der Waals surface area contributed by atoms with Crippen molar-refractivity contribution in [2.75, 3.05) is 20.2 Å². The molecule has 2 aromatic heterocycles. The third-order valence-electron chi connectivity index (χ3n) is 3.75. The van der Waals surface area contributed by atoms with Crippen LogP contribution in [0.4, 0.5) is 0 Å². The molecule has 8 nitrogen and oxygen atoms in total. The molecular weight excluding hydrogens is 284 g/mol. The molecule has 0 bridgehead atoms. The Balaban J connectivity index is 1.71. The molecule has 1 N–H and O–H groups in total. The molecule has 3 rings (SSSR count). The molecule has 0 radical (unpaired) electrons. The number of aromatic amines is 1. The number of nitrogens with one attached hydrogen (secondary N) is 1. The molecule has 1 aliphatic heterocycles. The average Bonchev–Trinajstić information content (AvgIpc) is 3.01. The van der Waals surface area contributed by atoms with E-state index >= 15 is 0 Å². The van der Waals surface area contributed by atoms with E-state index in [0.29, 0.717) is 12.1 Å². The van der Waals surface area contributed by atoms with Crippen LogP contribution in [0.2, 0.25) is 0 Å². The largest absolute Gasteiger partial charge is 0.467 e. The first-order valence-electron chi connectivity index (χ1n) is 7.21. The number of likely N-dealkylation sites (tertiary alicyclic amines) is 1. The van der Waals surface area contributed by atoms with Crippen molar-refractivity contribution in [2.45, 2.75) is 25.7 Å². The van der Waals surface area contributed by atoms with Crippen LogP contribution in [0.5, 0.6) is 6.01 Å². The van der Waals surface area contributed by atoms with Crippen molar-refractivity contribution in [3.63, 3.8) is 0 Å². The van der Waals surface area contributed by atoms with E-state index in [9.17, 15) is 4.79 Å². The molecule has 1 fully saturated rings. The van der Waals surface area contributed by atoms with Crippen LogP contribution in [0, 0.1) is 6.92 Å². The monoisotopic (exact) mass is 302 g/mol. The van der Waals surface area contributed by atoms with Gasteiger partial charge in [0.2, 0.25) is 0 Å². The van der Waals surface area contributed by atoms with Gasteiger partial charge in [-0.05, 0) is 19.8 Å². The SMILES string of the molecule is COc1ncc(C(=O)N2CCCC(c3n[nH]c(C)n3)C2)cn1. The second-order valence-electron chi connectivity index (χ2n) is 5.33. The molecule has 22 heavy (non-hydrogen) atoms. The summed E-state index contributed by atoms with van der Waals surface area (Å²) in [5.41, 5.74) is 0.465. The van der Waals surface area contributed by atoms with Crippen molar-refractivity contribution in [2.24, 2.45) is 0 Å². The van der Waals surface area contributed by atoms with Crippen LogP contribution < -0.4 is 4.74 Å². The number of amides is 1. The summed E-state index contributed by atoms with van der Waals surface area (Å²) in [6, 6.07) is 0.254. The number of ether oxygens (including phenoxy) is 1. The Morgan fingerprint density at radius 2 is 2.18 bits per heavy atom.